The van der Waals surface area contributed by atoms with Gasteiger partial charge in [0.1, 0.15) is 17.6 Å². The van der Waals surface area contributed by atoms with Gasteiger partial charge in [0, 0.05) is 12.7 Å². The topological polar surface area (TPSA) is 113 Å². The van der Waals surface area contributed by atoms with E-state index in [2.05, 4.69) is 12.2 Å². The molecule has 2 heterocycles. The molecule has 0 aliphatic carbocycles. The quantitative estimate of drug-likeness (QED) is 0.627. The Labute approximate surface area is 138 Å². The van der Waals surface area contributed by atoms with E-state index < -0.39 is 35.3 Å². The van der Waals surface area contributed by atoms with E-state index in [0.29, 0.717) is 12.1 Å². The lowest BCUT2D eigenvalue weighted by atomic mass is 10.2. The van der Waals surface area contributed by atoms with Crippen molar-refractivity contribution in [2.24, 2.45) is 0 Å². The van der Waals surface area contributed by atoms with Crippen LogP contribution in [0.3, 0.4) is 0 Å². The number of unbranched alkanes of at least 4 members (excludes halogenated alkanes) is 3. The smallest absolute Gasteiger partial charge is 0.322 e. The van der Waals surface area contributed by atoms with Crippen molar-refractivity contribution in [3.63, 3.8) is 0 Å². The highest BCUT2D eigenvalue weighted by atomic mass is 16.4. The summed E-state index contributed by atoms with van der Waals surface area (Å²) in [5.74, 6) is -2.57. The van der Waals surface area contributed by atoms with E-state index in [-0.39, 0.29) is 0 Å². The van der Waals surface area contributed by atoms with Gasteiger partial charge in [-0.1, -0.05) is 26.2 Å². The van der Waals surface area contributed by atoms with E-state index in [1.54, 1.807) is 18.3 Å². The third-order valence-electron chi connectivity index (χ3n) is 3.77. The molecular weight excluding hydrogens is 314 g/mol. The van der Waals surface area contributed by atoms with Crippen molar-refractivity contribution >= 4 is 17.4 Å². The van der Waals surface area contributed by atoms with Crippen LogP contribution in [-0.2, 0) is 11.3 Å². The van der Waals surface area contributed by atoms with Crippen molar-refractivity contribution in [1.82, 2.24) is 14.5 Å². The number of nitrogens with zero attached hydrogens (tertiary/aromatic N) is 2. The Morgan fingerprint density at radius 3 is 2.67 bits per heavy atom. The SMILES string of the molecule is CCCCCCn1c(=O)c(C(=O)NCC(=O)O)c(O)c2cccn21. The van der Waals surface area contributed by atoms with Gasteiger partial charge in [-0.05, 0) is 18.6 Å². The minimum absolute atomic E-state index is 0.325. The van der Waals surface area contributed by atoms with Crippen molar-refractivity contribution in [1.29, 1.82) is 0 Å². The second-order valence-electron chi connectivity index (χ2n) is 5.53. The molecule has 0 aliphatic heterocycles. The highest BCUT2D eigenvalue weighted by molar-refractivity contribution is 5.99. The van der Waals surface area contributed by atoms with E-state index in [1.807, 2.05) is 0 Å². The number of carboxylic acids is 1. The predicted molar refractivity (Wildman–Crippen MR) is 87.4 cm³/mol. The molecule has 0 radical (unpaired) electrons. The monoisotopic (exact) mass is 335 g/mol. The van der Waals surface area contributed by atoms with Crippen molar-refractivity contribution in [2.75, 3.05) is 6.54 Å². The number of fused-ring (bicyclic) bond motifs is 1. The zero-order valence-electron chi connectivity index (χ0n) is 13.5. The molecule has 1 amide bonds. The number of aromatic hydroxyl groups is 1. The second-order valence-corrected chi connectivity index (χ2v) is 5.53. The van der Waals surface area contributed by atoms with Crippen molar-refractivity contribution in [3.8, 4) is 5.75 Å². The maximum Gasteiger partial charge on any atom is 0.322 e. The maximum absolute atomic E-state index is 12.6. The number of hydrogen-bond donors (Lipinski definition) is 3. The standard InChI is InChI=1S/C16H21N3O5/c1-2-3-4-5-8-19-16(24)13(15(23)17-10-12(20)21)14(22)11-7-6-9-18(11)19/h6-7,9,22H,2-5,8,10H2,1H3,(H,17,23)(H,20,21). The molecule has 0 spiro atoms. The Kier molecular flexibility index (Phi) is 5.62. The van der Waals surface area contributed by atoms with Crippen LogP contribution in [0.2, 0.25) is 0 Å². The fourth-order valence-corrected chi connectivity index (χ4v) is 2.57. The molecule has 0 unspecified atom stereocenters. The van der Waals surface area contributed by atoms with Gasteiger partial charge in [0.2, 0.25) is 0 Å². The summed E-state index contributed by atoms with van der Waals surface area (Å²) in [4.78, 5) is 35.3. The number of amides is 1. The van der Waals surface area contributed by atoms with Crippen LogP contribution in [0.15, 0.2) is 23.1 Å². The largest absolute Gasteiger partial charge is 0.505 e. The maximum atomic E-state index is 12.6. The van der Waals surface area contributed by atoms with Gasteiger partial charge < -0.3 is 15.5 Å². The van der Waals surface area contributed by atoms with Crippen molar-refractivity contribution in [2.45, 2.75) is 39.2 Å². The third kappa shape index (κ3) is 3.58. The molecule has 24 heavy (non-hydrogen) atoms. The highest BCUT2D eigenvalue weighted by Crippen LogP contribution is 2.21. The summed E-state index contributed by atoms with van der Waals surface area (Å²) in [6, 6.07) is 3.25. The molecule has 0 aliphatic rings. The van der Waals surface area contributed by atoms with Gasteiger partial charge in [-0.15, -0.1) is 0 Å². The third-order valence-corrected chi connectivity index (χ3v) is 3.77. The first kappa shape index (κ1) is 17.6. The average molecular weight is 335 g/mol. The van der Waals surface area contributed by atoms with E-state index >= 15 is 0 Å². The Hall–Kier alpha value is -2.77. The number of aryl methyl sites for hydroxylation is 1. The summed E-state index contributed by atoms with van der Waals surface area (Å²) in [5, 5.41) is 21.0. The number of carboxylic acid groups (broad SMARTS) is 1. The van der Waals surface area contributed by atoms with Crippen LogP contribution < -0.4 is 10.9 Å². The minimum Gasteiger partial charge on any atom is -0.505 e. The molecule has 0 saturated heterocycles. The number of aromatic nitrogens is 2. The van der Waals surface area contributed by atoms with E-state index in [1.165, 1.54) is 9.20 Å². The summed E-state index contributed by atoms with van der Waals surface area (Å²) in [6.45, 7) is 1.87. The summed E-state index contributed by atoms with van der Waals surface area (Å²) in [5.41, 5.74) is -0.751. The summed E-state index contributed by atoms with van der Waals surface area (Å²) in [6.07, 6.45) is 5.46. The number of aliphatic carboxylic acids is 1. The van der Waals surface area contributed by atoms with Gasteiger partial charge in [-0.2, -0.15) is 0 Å². The van der Waals surface area contributed by atoms with Crippen molar-refractivity contribution < 1.29 is 19.8 Å². The summed E-state index contributed by atoms with van der Waals surface area (Å²) >= 11 is 0. The van der Waals surface area contributed by atoms with Gasteiger partial charge in [0.05, 0.1) is 0 Å². The number of carbonyl (C=O) groups excluding carboxylic acids is 1. The molecule has 2 aromatic heterocycles. The fraction of sp³-hybridized carbons (Fsp3) is 0.438. The van der Waals surface area contributed by atoms with Crippen LogP contribution in [0.1, 0.15) is 43.0 Å². The lowest BCUT2D eigenvalue weighted by Crippen LogP contribution is -2.37. The lowest BCUT2D eigenvalue weighted by Gasteiger charge is -2.14. The highest BCUT2D eigenvalue weighted by Gasteiger charge is 2.22. The van der Waals surface area contributed by atoms with Crippen LogP contribution in [0.4, 0.5) is 0 Å². The first-order valence-electron chi connectivity index (χ1n) is 7.90. The summed E-state index contributed by atoms with van der Waals surface area (Å²) < 4.78 is 2.90. The molecule has 8 nitrogen and oxygen atoms in total. The van der Waals surface area contributed by atoms with Crippen LogP contribution in [-0.4, -0.2) is 37.8 Å². The van der Waals surface area contributed by atoms with Gasteiger partial charge in [0.25, 0.3) is 11.5 Å². The molecule has 3 N–H and O–H groups in total. The van der Waals surface area contributed by atoms with E-state index in [9.17, 15) is 19.5 Å². The van der Waals surface area contributed by atoms with Gasteiger partial charge in [-0.3, -0.25) is 18.9 Å². The summed E-state index contributed by atoms with van der Waals surface area (Å²) in [7, 11) is 0. The first-order valence-corrected chi connectivity index (χ1v) is 7.90. The Bertz CT molecular complexity index is 806. The van der Waals surface area contributed by atoms with Gasteiger partial charge in [0.15, 0.2) is 5.75 Å². The zero-order chi connectivity index (χ0) is 17.7. The molecule has 8 heteroatoms. The molecule has 130 valence electrons. The van der Waals surface area contributed by atoms with Gasteiger partial charge >= 0.3 is 5.97 Å². The van der Waals surface area contributed by atoms with E-state index in [0.717, 1.165) is 25.7 Å². The molecule has 0 fully saturated rings. The lowest BCUT2D eigenvalue weighted by molar-refractivity contribution is -0.135. The van der Waals surface area contributed by atoms with Crippen LogP contribution in [0, 0.1) is 0 Å². The molecule has 2 rings (SSSR count). The number of nitrogens with one attached hydrogen (secondary N) is 1. The number of carbonyl (C=O) groups is 2. The Morgan fingerprint density at radius 1 is 1.25 bits per heavy atom. The Morgan fingerprint density at radius 2 is 2.00 bits per heavy atom. The molecule has 0 saturated carbocycles. The zero-order valence-corrected chi connectivity index (χ0v) is 13.5. The molecule has 0 bridgehead atoms. The van der Waals surface area contributed by atoms with Crippen LogP contribution in [0.25, 0.3) is 5.52 Å². The average Bonchev–Trinajstić information content (AvgIpc) is 3.02. The normalized spacial score (nSPS) is 10.9. The second kappa shape index (κ2) is 7.67. The molecular formula is C16H21N3O5. The fourth-order valence-electron chi connectivity index (χ4n) is 2.57. The number of hydrogen-bond acceptors (Lipinski definition) is 4. The molecule has 2 aromatic rings. The van der Waals surface area contributed by atoms with Crippen LogP contribution >= 0.6 is 0 Å². The van der Waals surface area contributed by atoms with E-state index in [4.69, 9.17) is 5.11 Å². The molecule has 0 atom stereocenters. The minimum atomic E-state index is -1.23. The van der Waals surface area contributed by atoms with Gasteiger partial charge in [-0.25, -0.2) is 4.68 Å². The van der Waals surface area contributed by atoms with Crippen molar-refractivity contribution in [3.05, 3.63) is 34.2 Å². The Balaban J connectivity index is 2.41. The number of rotatable bonds is 8. The first-order chi connectivity index (χ1) is 11.5. The predicted octanol–water partition coefficient (Wildman–Crippen LogP) is 1.20. The van der Waals surface area contributed by atoms with Crippen LogP contribution in [0.5, 0.6) is 5.75 Å². The molecule has 0 aromatic carbocycles.